The van der Waals surface area contributed by atoms with E-state index in [-0.39, 0.29) is 12.5 Å². The van der Waals surface area contributed by atoms with Crippen LogP contribution in [-0.4, -0.2) is 55.5 Å². The molecule has 1 aliphatic rings. The predicted octanol–water partition coefficient (Wildman–Crippen LogP) is 2.51. The largest absolute Gasteiger partial charge is 0.483 e. The molecule has 23 heavy (non-hydrogen) atoms. The van der Waals surface area contributed by atoms with E-state index in [0.717, 1.165) is 43.1 Å². The van der Waals surface area contributed by atoms with Gasteiger partial charge in [0.05, 0.1) is 0 Å². The molecule has 0 aliphatic carbocycles. The van der Waals surface area contributed by atoms with Gasteiger partial charge in [-0.2, -0.15) is 0 Å². The molecule has 0 radical (unpaired) electrons. The Bertz CT molecular complexity index is 649. The number of para-hydroxylation sites is 1. The number of rotatable bonds is 4. The fourth-order valence-corrected chi connectivity index (χ4v) is 2.74. The van der Waals surface area contributed by atoms with Gasteiger partial charge in [-0.3, -0.25) is 4.79 Å². The third-order valence-electron chi connectivity index (χ3n) is 4.18. The Labute approximate surface area is 137 Å². The fourth-order valence-electron chi connectivity index (χ4n) is 2.74. The zero-order valence-corrected chi connectivity index (χ0v) is 13.4. The van der Waals surface area contributed by atoms with Crippen molar-refractivity contribution in [1.82, 2.24) is 9.80 Å². The fraction of sp³-hybridized carbons (Fsp3) is 0.316. The Hall–Kier alpha value is -2.33. The lowest BCUT2D eigenvalue weighted by molar-refractivity contribution is -0.134. The summed E-state index contributed by atoms with van der Waals surface area (Å²) in [5.74, 6) is 0.808. The number of likely N-dealkylation sites (N-methyl/N-ethyl adjacent to an activating group) is 1. The molecule has 4 nitrogen and oxygen atoms in total. The normalized spacial score (nSPS) is 15.4. The molecule has 2 aromatic carbocycles. The summed E-state index contributed by atoms with van der Waals surface area (Å²) in [6.07, 6.45) is 0. The first-order valence-corrected chi connectivity index (χ1v) is 7.97. The highest BCUT2D eigenvalue weighted by atomic mass is 16.5. The summed E-state index contributed by atoms with van der Waals surface area (Å²) in [5.41, 5.74) is 2.11. The predicted molar refractivity (Wildman–Crippen MR) is 91.5 cm³/mol. The highest BCUT2D eigenvalue weighted by Crippen LogP contribution is 2.29. The standard InChI is InChI=1S/C19H22N2O2/c1-20-11-13-21(14-12-20)19(22)15-23-18-10-6-5-9-17(18)16-7-3-2-4-8-16/h2-10H,11-15H2,1H3. The topological polar surface area (TPSA) is 32.8 Å². The monoisotopic (exact) mass is 310 g/mol. The average molecular weight is 310 g/mol. The minimum atomic E-state index is 0.0564. The van der Waals surface area contributed by atoms with Gasteiger partial charge >= 0.3 is 0 Å². The summed E-state index contributed by atoms with van der Waals surface area (Å²) in [5, 5.41) is 0. The van der Waals surface area contributed by atoms with Crippen LogP contribution in [0.1, 0.15) is 0 Å². The van der Waals surface area contributed by atoms with E-state index in [2.05, 4.69) is 11.9 Å². The van der Waals surface area contributed by atoms with Crippen molar-refractivity contribution in [3.63, 3.8) is 0 Å². The number of nitrogens with zero attached hydrogens (tertiary/aromatic N) is 2. The number of piperazine rings is 1. The van der Waals surface area contributed by atoms with Crippen LogP contribution in [-0.2, 0) is 4.79 Å². The van der Waals surface area contributed by atoms with Crippen LogP contribution in [0, 0.1) is 0 Å². The van der Waals surface area contributed by atoms with Crippen molar-refractivity contribution < 1.29 is 9.53 Å². The van der Waals surface area contributed by atoms with Crippen LogP contribution in [0.25, 0.3) is 11.1 Å². The second-order valence-electron chi connectivity index (χ2n) is 5.83. The number of ether oxygens (including phenoxy) is 1. The average Bonchev–Trinajstić information content (AvgIpc) is 2.61. The van der Waals surface area contributed by atoms with Gasteiger partial charge in [-0.1, -0.05) is 48.5 Å². The first-order chi connectivity index (χ1) is 11.2. The molecule has 1 aliphatic heterocycles. The van der Waals surface area contributed by atoms with Crippen molar-refractivity contribution in [2.75, 3.05) is 39.8 Å². The minimum absolute atomic E-state index is 0.0564. The lowest BCUT2D eigenvalue weighted by Gasteiger charge is -2.32. The van der Waals surface area contributed by atoms with Crippen molar-refractivity contribution in [3.05, 3.63) is 54.6 Å². The van der Waals surface area contributed by atoms with E-state index in [0.29, 0.717) is 0 Å². The maximum Gasteiger partial charge on any atom is 0.260 e. The van der Waals surface area contributed by atoms with Crippen LogP contribution in [0.2, 0.25) is 0 Å². The molecule has 0 saturated carbocycles. The number of amides is 1. The van der Waals surface area contributed by atoms with Crippen LogP contribution in [0.3, 0.4) is 0 Å². The van der Waals surface area contributed by atoms with Gasteiger partial charge in [-0.15, -0.1) is 0 Å². The smallest absolute Gasteiger partial charge is 0.260 e. The molecule has 0 atom stereocenters. The molecule has 1 saturated heterocycles. The quantitative estimate of drug-likeness (QED) is 0.870. The molecule has 0 N–H and O–H groups in total. The number of benzene rings is 2. The first kappa shape index (κ1) is 15.6. The van der Waals surface area contributed by atoms with Crippen molar-refractivity contribution in [1.29, 1.82) is 0 Å². The van der Waals surface area contributed by atoms with Crippen LogP contribution >= 0.6 is 0 Å². The molecular weight excluding hydrogens is 288 g/mol. The van der Waals surface area contributed by atoms with Gasteiger partial charge in [0.2, 0.25) is 0 Å². The van der Waals surface area contributed by atoms with E-state index in [1.165, 1.54) is 0 Å². The van der Waals surface area contributed by atoms with Gasteiger partial charge in [0.15, 0.2) is 6.61 Å². The molecule has 1 heterocycles. The molecule has 0 unspecified atom stereocenters. The van der Waals surface area contributed by atoms with Crippen molar-refractivity contribution in [3.8, 4) is 16.9 Å². The van der Waals surface area contributed by atoms with E-state index < -0.39 is 0 Å². The minimum Gasteiger partial charge on any atom is -0.483 e. The summed E-state index contributed by atoms with van der Waals surface area (Å²) < 4.78 is 5.83. The zero-order valence-electron chi connectivity index (χ0n) is 13.4. The number of carbonyl (C=O) groups is 1. The SMILES string of the molecule is CN1CCN(C(=O)COc2ccccc2-c2ccccc2)CC1. The molecule has 3 rings (SSSR count). The number of hydrogen-bond acceptors (Lipinski definition) is 3. The summed E-state index contributed by atoms with van der Waals surface area (Å²) in [6.45, 7) is 3.49. The lowest BCUT2D eigenvalue weighted by atomic mass is 10.1. The second-order valence-corrected chi connectivity index (χ2v) is 5.83. The Balaban J connectivity index is 1.66. The molecule has 0 bridgehead atoms. The maximum atomic E-state index is 12.3. The van der Waals surface area contributed by atoms with E-state index >= 15 is 0 Å². The lowest BCUT2D eigenvalue weighted by Crippen LogP contribution is -2.48. The van der Waals surface area contributed by atoms with E-state index in [9.17, 15) is 4.79 Å². The van der Waals surface area contributed by atoms with Crippen LogP contribution in [0.15, 0.2) is 54.6 Å². The summed E-state index contributed by atoms with van der Waals surface area (Å²) in [6, 6.07) is 17.9. The van der Waals surface area contributed by atoms with Crippen LogP contribution in [0.5, 0.6) is 5.75 Å². The summed E-state index contributed by atoms with van der Waals surface area (Å²) in [4.78, 5) is 16.4. The molecule has 0 spiro atoms. The molecule has 0 aromatic heterocycles. The van der Waals surface area contributed by atoms with E-state index in [1.54, 1.807) is 0 Å². The van der Waals surface area contributed by atoms with Gasteiger partial charge in [-0.25, -0.2) is 0 Å². The Kier molecular flexibility index (Phi) is 4.93. The molecular formula is C19H22N2O2. The van der Waals surface area contributed by atoms with Crippen LogP contribution in [0.4, 0.5) is 0 Å². The number of carbonyl (C=O) groups excluding carboxylic acids is 1. The Morgan fingerprint density at radius 2 is 1.61 bits per heavy atom. The molecule has 4 heteroatoms. The third-order valence-corrected chi connectivity index (χ3v) is 4.18. The first-order valence-electron chi connectivity index (χ1n) is 7.97. The van der Waals surface area contributed by atoms with E-state index in [1.807, 2.05) is 59.5 Å². The summed E-state index contributed by atoms with van der Waals surface area (Å²) in [7, 11) is 2.08. The highest BCUT2D eigenvalue weighted by Gasteiger charge is 2.19. The van der Waals surface area contributed by atoms with Crippen molar-refractivity contribution >= 4 is 5.91 Å². The third kappa shape index (κ3) is 3.90. The van der Waals surface area contributed by atoms with Gasteiger partial charge in [-0.05, 0) is 18.7 Å². The van der Waals surface area contributed by atoms with Gasteiger partial charge in [0, 0.05) is 31.7 Å². The molecule has 120 valence electrons. The van der Waals surface area contributed by atoms with Gasteiger partial charge in [0.25, 0.3) is 5.91 Å². The van der Waals surface area contributed by atoms with Crippen molar-refractivity contribution in [2.45, 2.75) is 0 Å². The van der Waals surface area contributed by atoms with Crippen LogP contribution < -0.4 is 4.74 Å². The highest BCUT2D eigenvalue weighted by molar-refractivity contribution is 5.78. The van der Waals surface area contributed by atoms with E-state index in [4.69, 9.17) is 4.74 Å². The maximum absolute atomic E-state index is 12.3. The molecule has 1 fully saturated rings. The second kappa shape index (κ2) is 7.29. The number of hydrogen-bond donors (Lipinski definition) is 0. The van der Waals surface area contributed by atoms with Gasteiger partial charge in [0.1, 0.15) is 5.75 Å². The Morgan fingerprint density at radius 1 is 0.957 bits per heavy atom. The Morgan fingerprint density at radius 3 is 2.35 bits per heavy atom. The summed E-state index contributed by atoms with van der Waals surface area (Å²) >= 11 is 0. The zero-order chi connectivity index (χ0) is 16.1. The molecule has 1 amide bonds. The van der Waals surface area contributed by atoms with Crippen molar-refractivity contribution in [2.24, 2.45) is 0 Å². The van der Waals surface area contributed by atoms with Gasteiger partial charge < -0.3 is 14.5 Å². The molecule has 2 aromatic rings.